The molecule has 0 atom stereocenters. The van der Waals surface area contributed by atoms with Gasteiger partial charge < -0.3 is 10.5 Å². The van der Waals surface area contributed by atoms with Crippen LogP contribution in [0.4, 0.5) is 5.69 Å². The Labute approximate surface area is 87.7 Å². The number of nitrogens with one attached hydrogen (secondary N) is 1. The van der Waals surface area contributed by atoms with Crippen molar-refractivity contribution in [2.24, 2.45) is 0 Å². The first kappa shape index (κ1) is 9.45. The number of nitrogens with two attached hydrogens (primary N) is 1. The molecule has 0 aromatic carbocycles. The van der Waals surface area contributed by atoms with Gasteiger partial charge in [-0.3, -0.25) is 4.98 Å². The number of hydrogen-bond acceptors (Lipinski definition) is 3. The number of pyridine rings is 2. The van der Waals surface area contributed by atoms with E-state index in [1.165, 1.54) is 0 Å². The van der Waals surface area contributed by atoms with E-state index in [1.54, 1.807) is 31.9 Å². The number of rotatable bonds is 2. The number of ether oxygens (including phenoxy) is 1. The van der Waals surface area contributed by atoms with E-state index in [0.29, 0.717) is 11.4 Å². The van der Waals surface area contributed by atoms with Gasteiger partial charge in [0.25, 0.3) is 0 Å². The molecule has 0 aliphatic carbocycles. The molecule has 0 aliphatic rings. The normalized spacial score (nSPS) is 9.93. The molecule has 4 nitrogen and oxygen atoms in total. The van der Waals surface area contributed by atoms with Crippen molar-refractivity contribution in [2.75, 3.05) is 12.8 Å². The van der Waals surface area contributed by atoms with Gasteiger partial charge in [-0.1, -0.05) is 6.07 Å². The molecule has 4 heteroatoms. The van der Waals surface area contributed by atoms with E-state index in [4.69, 9.17) is 10.5 Å². The fourth-order valence-corrected chi connectivity index (χ4v) is 1.47. The molecule has 0 aliphatic heterocycles. The van der Waals surface area contributed by atoms with Crippen molar-refractivity contribution in [3.63, 3.8) is 0 Å². The van der Waals surface area contributed by atoms with Crippen LogP contribution in [0, 0.1) is 0 Å². The minimum absolute atomic E-state index is 0.641. The highest BCUT2D eigenvalue weighted by Crippen LogP contribution is 2.32. The molecule has 0 saturated carbocycles. The standard InChI is InChI=1S/C11H11N3O/c1-15-10-7-14-6-9(12)11(10)8-3-2-4-13-5-8/h2-7H,12H2,1H3/p+1. The maximum absolute atomic E-state index is 5.89. The molecule has 2 heterocycles. The van der Waals surface area contributed by atoms with Crippen LogP contribution in [0.3, 0.4) is 0 Å². The van der Waals surface area contributed by atoms with Gasteiger partial charge in [-0.2, -0.15) is 0 Å². The van der Waals surface area contributed by atoms with Gasteiger partial charge in [0.1, 0.15) is 5.69 Å². The van der Waals surface area contributed by atoms with E-state index in [2.05, 4.69) is 9.97 Å². The molecule has 0 amide bonds. The van der Waals surface area contributed by atoms with E-state index in [0.717, 1.165) is 11.1 Å². The Hall–Kier alpha value is -2.10. The fraction of sp³-hybridized carbons (Fsp3) is 0.0909. The molecule has 0 bridgehead atoms. The number of anilines is 1. The third-order valence-electron chi connectivity index (χ3n) is 2.16. The molecule has 2 aromatic heterocycles. The minimum Gasteiger partial charge on any atom is -0.490 e. The number of nitrogen functional groups attached to an aromatic ring is 1. The number of methoxy groups -OCH3 is 1. The monoisotopic (exact) mass is 202 g/mol. The zero-order valence-electron chi connectivity index (χ0n) is 8.40. The summed E-state index contributed by atoms with van der Waals surface area (Å²) in [7, 11) is 1.61. The highest BCUT2D eigenvalue weighted by atomic mass is 16.5. The van der Waals surface area contributed by atoms with Crippen LogP contribution in [0.15, 0.2) is 36.9 Å². The molecule has 0 radical (unpaired) electrons. The van der Waals surface area contributed by atoms with Gasteiger partial charge in [0.05, 0.1) is 12.7 Å². The highest BCUT2D eigenvalue weighted by Gasteiger charge is 2.12. The number of hydrogen-bond donors (Lipinski definition) is 1. The highest BCUT2D eigenvalue weighted by molar-refractivity contribution is 5.79. The second-order valence-electron chi connectivity index (χ2n) is 3.10. The number of nitrogens with zero attached hydrogens (tertiary/aromatic N) is 1. The maximum atomic E-state index is 5.89. The van der Waals surface area contributed by atoms with Crippen molar-refractivity contribution < 1.29 is 9.72 Å². The van der Waals surface area contributed by atoms with Crippen LogP contribution in [0.5, 0.6) is 5.75 Å². The average Bonchev–Trinajstić information content (AvgIpc) is 2.29. The Morgan fingerprint density at radius 3 is 2.93 bits per heavy atom. The van der Waals surface area contributed by atoms with Crippen molar-refractivity contribution >= 4 is 5.69 Å². The summed E-state index contributed by atoms with van der Waals surface area (Å²) in [4.78, 5) is 6.98. The summed E-state index contributed by atoms with van der Waals surface area (Å²) in [5.74, 6) is 0.711. The minimum atomic E-state index is 0.641. The van der Waals surface area contributed by atoms with Crippen LogP contribution in [0.25, 0.3) is 11.1 Å². The van der Waals surface area contributed by atoms with Gasteiger partial charge in [-0.05, 0) is 6.07 Å². The third kappa shape index (κ3) is 1.74. The van der Waals surface area contributed by atoms with Gasteiger partial charge in [-0.25, -0.2) is 4.98 Å². The molecule has 0 spiro atoms. The lowest BCUT2D eigenvalue weighted by Gasteiger charge is -2.07. The quantitative estimate of drug-likeness (QED) is 0.794. The van der Waals surface area contributed by atoms with Gasteiger partial charge in [0, 0.05) is 18.0 Å². The molecule has 0 unspecified atom stereocenters. The average molecular weight is 202 g/mol. The molecule has 2 aromatic rings. The first-order valence-electron chi connectivity index (χ1n) is 4.57. The van der Waals surface area contributed by atoms with Gasteiger partial charge in [-0.15, -0.1) is 0 Å². The van der Waals surface area contributed by atoms with E-state index < -0.39 is 0 Å². The van der Waals surface area contributed by atoms with E-state index in [1.807, 2.05) is 12.1 Å². The van der Waals surface area contributed by atoms with Crippen molar-refractivity contribution in [2.45, 2.75) is 0 Å². The lowest BCUT2D eigenvalue weighted by atomic mass is 10.1. The number of aromatic amines is 1. The zero-order chi connectivity index (χ0) is 10.7. The second-order valence-corrected chi connectivity index (χ2v) is 3.10. The van der Waals surface area contributed by atoms with Crippen molar-refractivity contribution in [3.8, 4) is 16.9 Å². The van der Waals surface area contributed by atoms with Crippen LogP contribution in [-0.4, -0.2) is 12.1 Å². The van der Waals surface area contributed by atoms with Gasteiger partial charge in [0.2, 0.25) is 6.20 Å². The number of aromatic nitrogens is 2. The Kier molecular flexibility index (Phi) is 2.49. The van der Waals surface area contributed by atoms with Crippen LogP contribution in [0.2, 0.25) is 0 Å². The lowest BCUT2D eigenvalue weighted by Crippen LogP contribution is -2.06. The van der Waals surface area contributed by atoms with Crippen molar-refractivity contribution in [1.82, 2.24) is 4.98 Å². The molecule has 2 rings (SSSR count). The summed E-state index contributed by atoms with van der Waals surface area (Å²) in [6.45, 7) is 0. The Morgan fingerprint density at radius 2 is 2.27 bits per heavy atom. The molecule has 15 heavy (non-hydrogen) atoms. The predicted octanol–water partition coefficient (Wildman–Crippen LogP) is 1.15. The van der Waals surface area contributed by atoms with Crippen molar-refractivity contribution in [3.05, 3.63) is 36.9 Å². The summed E-state index contributed by atoms with van der Waals surface area (Å²) in [5, 5.41) is 0. The largest absolute Gasteiger partial charge is 0.490 e. The van der Waals surface area contributed by atoms with Crippen LogP contribution in [-0.2, 0) is 0 Å². The summed E-state index contributed by atoms with van der Waals surface area (Å²) >= 11 is 0. The third-order valence-corrected chi connectivity index (χ3v) is 2.16. The second kappa shape index (κ2) is 3.96. The first-order valence-corrected chi connectivity index (χ1v) is 4.57. The first-order chi connectivity index (χ1) is 7.33. The van der Waals surface area contributed by atoms with Gasteiger partial charge >= 0.3 is 0 Å². The Balaban J connectivity index is 2.61. The van der Waals surface area contributed by atoms with Crippen molar-refractivity contribution in [1.29, 1.82) is 0 Å². The smallest absolute Gasteiger partial charge is 0.210 e. The fourth-order valence-electron chi connectivity index (χ4n) is 1.47. The molecule has 0 fully saturated rings. The molecular formula is C11H12N3O+. The van der Waals surface area contributed by atoms with E-state index >= 15 is 0 Å². The molecule has 76 valence electrons. The maximum Gasteiger partial charge on any atom is 0.210 e. The molecular weight excluding hydrogens is 190 g/mol. The Bertz CT molecular complexity index is 457. The predicted molar refractivity (Wildman–Crippen MR) is 57.2 cm³/mol. The lowest BCUT2D eigenvalue weighted by molar-refractivity contribution is -0.377. The topological polar surface area (TPSA) is 62.3 Å². The number of H-pyrrole nitrogens is 1. The van der Waals surface area contributed by atoms with E-state index in [9.17, 15) is 0 Å². The van der Waals surface area contributed by atoms with Crippen LogP contribution >= 0.6 is 0 Å². The molecule has 3 N–H and O–H groups in total. The van der Waals surface area contributed by atoms with Crippen LogP contribution in [0.1, 0.15) is 0 Å². The SMILES string of the molecule is COc1c[nH+]cc(N)c1-c1cccnc1. The zero-order valence-corrected chi connectivity index (χ0v) is 8.40. The summed E-state index contributed by atoms with van der Waals surface area (Å²) < 4.78 is 5.24. The summed E-state index contributed by atoms with van der Waals surface area (Å²) in [6, 6.07) is 3.81. The Morgan fingerprint density at radius 1 is 1.40 bits per heavy atom. The van der Waals surface area contributed by atoms with Gasteiger partial charge in [0.15, 0.2) is 11.9 Å². The van der Waals surface area contributed by atoms with E-state index in [-0.39, 0.29) is 0 Å². The summed E-state index contributed by atoms with van der Waals surface area (Å²) in [6.07, 6.45) is 6.97. The van der Waals surface area contributed by atoms with Crippen LogP contribution < -0.4 is 15.5 Å². The molecule has 0 saturated heterocycles. The summed E-state index contributed by atoms with van der Waals surface area (Å²) in [5.41, 5.74) is 8.34.